The first kappa shape index (κ1) is 9.08. The average molecular weight is 88.2 g/mol. The minimum absolute atomic E-state index is 0. The Bertz CT molecular complexity index is 32.5. The zero-order valence-electron chi connectivity index (χ0n) is 3.52. The molecule has 0 aliphatic carbocycles. The highest BCUT2D eigenvalue weighted by Gasteiger charge is 1.44. The van der Waals surface area contributed by atoms with Crippen molar-refractivity contribution in [1.29, 1.82) is 0 Å². The zero-order chi connectivity index (χ0) is 4.12. The molecule has 0 saturated carbocycles. The minimum atomic E-state index is 0. The van der Waals surface area contributed by atoms with E-state index in [4.69, 9.17) is 0 Å². The molecule has 0 aliphatic heterocycles. The van der Waals surface area contributed by atoms with Gasteiger partial charge in [-0.15, -0.1) is 0 Å². The molecule has 0 heterocycles. The Balaban J connectivity index is 0. The lowest BCUT2D eigenvalue weighted by Gasteiger charge is -1.75. The lowest BCUT2D eigenvalue weighted by Crippen LogP contribution is -1.90. The molecular weight excluding hydrogens is 76.1 g/mol. The fourth-order valence-corrected chi connectivity index (χ4v) is 0.129. The molecule has 2 heteroatoms. The second-order valence-electron chi connectivity index (χ2n) is 0.611. The van der Waals surface area contributed by atoms with Crippen LogP contribution in [-0.2, 0) is 0 Å². The van der Waals surface area contributed by atoms with Crippen molar-refractivity contribution in [2.75, 3.05) is 7.05 Å². The van der Waals surface area contributed by atoms with E-state index in [-0.39, 0.29) is 7.43 Å². The molecule has 2 nitrogen and oxygen atoms in total. The van der Waals surface area contributed by atoms with Crippen molar-refractivity contribution in [3.63, 3.8) is 0 Å². The summed E-state index contributed by atoms with van der Waals surface area (Å²) in [5.41, 5.74) is 2.59. The smallest absolute Gasteiger partial charge is 0.0217 e. The molecule has 0 unspecified atom stereocenters. The lowest BCUT2D eigenvalue weighted by atomic mass is 10.9. The Morgan fingerprint density at radius 3 is 2.17 bits per heavy atom. The third-order valence-corrected chi connectivity index (χ3v) is 0.258. The van der Waals surface area contributed by atoms with Crippen molar-refractivity contribution in [2.45, 2.75) is 14.4 Å². The van der Waals surface area contributed by atoms with Crippen LogP contribution in [0.15, 0.2) is 5.10 Å². The van der Waals surface area contributed by atoms with Gasteiger partial charge in [-0.3, -0.25) is 0 Å². The third kappa shape index (κ3) is 9.80. The molecular formula is C4H12N2. The van der Waals surface area contributed by atoms with E-state index in [1.54, 1.807) is 13.3 Å². The highest BCUT2D eigenvalue weighted by molar-refractivity contribution is 5.52. The Morgan fingerprint density at radius 2 is 2.17 bits per heavy atom. The summed E-state index contributed by atoms with van der Waals surface area (Å²) in [6.07, 6.45) is 1.69. The molecule has 0 bridgehead atoms. The maximum absolute atomic E-state index is 3.60. The number of hydrogen-bond acceptors (Lipinski definition) is 2. The predicted molar refractivity (Wildman–Crippen MR) is 30.0 cm³/mol. The van der Waals surface area contributed by atoms with E-state index >= 15 is 0 Å². The Labute approximate surface area is 39.3 Å². The van der Waals surface area contributed by atoms with Crippen molar-refractivity contribution < 1.29 is 0 Å². The van der Waals surface area contributed by atoms with E-state index < -0.39 is 0 Å². The Morgan fingerprint density at radius 1 is 1.67 bits per heavy atom. The summed E-state index contributed by atoms with van der Waals surface area (Å²) in [5, 5.41) is 3.60. The van der Waals surface area contributed by atoms with Crippen molar-refractivity contribution in [3.8, 4) is 0 Å². The standard InChI is InChI=1S/C3H8N2.CH4/c1-3-5-4-2;/h3-4H,1-2H3;1H4/b5-3+;. The molecule has 0 atom stereocenters. The number of hydrazone groups is 1. The molecule has 0 aromatic heterocycles. The zero-order valence-corrected chi connectivity index (χ0v) is 3.52. The highest BCUT2D eigenvalue weighted by atomic mass is 15.2. The fourth-order valence-electron chi connectivity index (χ4n) is 0.129. The summed E-state index contributed by atoms with van der Waals surface area (Å²) >= 11 is 0. The number of hydrogen-bond donors (Lipinski definition) is 1. The predicted octanol–water partition coefficient (Wildman–Crippen LogP) is 0.848. The quantitative estimate of drug-likeness (QED) is 0.373. The SMILES string of the molecule is C.C/C=N/NC. The van der Waals surface area contributed by atoms with Crippen LogP contribution >= 0.6 is 0 Å². The number of nitrogens with one attached hydrogen (secondary N) is 1. The average Bonchev–Trinajstić information content (AvgIpc) is 1.41. The Kier molecular flexibility index (Phi) is 13.3. The van der Waals surface area contributed by atoms with Crippen molar-refractivity contribution >= 4 is 6.21 Å². The van der Waals surface area contributed by atoms with Gasteiger partial charge < -0.3 is 5.43 Å². The van der Waals surface area contributed by atoms with Crippen LogP contribution in [0.3, 0.4) is 0 Å². The maximum Gasteiger partial charge on any atom is 0.0217 e. The Hall–Kier alpha value is -0.530. The van der Waals surface area contributed by atoms with E-state index in [0.29, 0.717) is 0 Å². The minimum Gasteiger partial charge on any atom is -0.313 e. The van der Waals surface area contributed by atoms with Gasteiger partial charge in [0.15, 0.2) is 0 Å². The number of nitrogens with zero attached hydrogens (tertiary/aromatic N) is 1. The van der Waals surface area contributed by atoms with Crippen LogP contribution in [0, 0.1) is 0 Å². The van der Waals surface area contributed by atoms with E-state index in [1.807, 2.05) is 6.92 Å². The van der Waals surface area contributed by atoms with Crippen LogP contribution in [0.5, 0.6) is 0 Å². The normalized spacial score (nSPS) is 7.67. The topological polar surface area (TPSA) is 24.4 Å². The molecule has 0 aliphatic rings. The monoisotopic (exact) mass is 88.1 g/mol. The summed E-state index contributed by atoms with van der Waals surface area (Å²) in [6, 6.07) is 0. The largest absolute Gasteiger partial charge is 0.313 e. The molecule has 0 rings (SSSR count). The summed E-state index contributed by atoms with van der Waals surface area (Å²) < 4.78 is 0. The number of rotatable bonds is 1. The molecule has 38 valence electrons. The van der Waals surface area contributed by atoms with Gasteiger partial charge in [-0.05, 0) is 6.92 Å². The van der Waals surface area contributed by atoms with Crippen LogP contribution in [0.4, 0.5) is 0 Å². The van der Waals surface area contributed by atoms with Gasteiger partial charge >= 0.3 is 0 Å². The summed E-state index contributed by atoms with van der Waals surface area (Å²) in [5.74, 6) is 0. The van der Waals surface area contributed by atoms with E-state index in [9.17, 15) is 0 Å². The fraction of sp³-hybridized carbons (Fsp3) is 0.750. The van der Waals surface area contributed by atoms with E-state index in [1.165, 1.54) is 0 Å². The molecule has 6 heavy (non-hydrogen) atoms. The maximum atomic E-state index is 3.60. The van der Waals surface area contributed by atoms with Crippen molar-refractivity contribution in [2.24, 2.45) is 5.10 Å². The van der Waals surface area contributed by atoms with E-state index in [0.717, 1.165) is 0 Å². The third-order valence-electron chi connectivity index (χ3n) is 0.258. The van der Waals surface area contributed by atoms with E-state index in [2.05, 4.69) is 10.5 Å². The first-order valence-corrected chi connectivity index (χ1v) is 1.56. The van der Waals surface area contributed by atoms with Crippen LogP contribution in [0.25, 0.3) is 0 Å². The first-order chi connectivity index (χ1) is 2.41. The molecule has 0 radical (unpaired) electrons. The second kappa shape index (κ2) is 8.82. The first-order valence-electron chi connectivity index (χ1n) is 1.56. The molecule has 0 fully saturated rings. The molecule has 0 aromatic rings. The summed E-state index contributed by atoms with van der Waals surface area (Å²) in [4.78, 5) is 0. The highest BCUT2D eigenvalue weighted by Crippen LogP contribution is 1.41. The van der Waals surface area contributed by atoms with Crippen LogP contribution < -0.4 is 5.43 Å². The van der Waals surface area contributed by atoms with Crippen LogP contribution in [0.2, 0.25) is 0 Å². The molecule has 0 saturated heterocycles. The summed E-state index contributed by atoms with van der Waals surface area (Å²) in [6.45, 7) is 1.86. The van der Waals surface area contributed by atoms with Crippen molar-refractivity contribution in [3.05, 3.63) is 0 Å². The van der Waals surface area contributed by atoms with Gasteiger partial charge in [0.25, 0.3) is 0 Å². The van der Waals surface area contributed by atoms with Gasteiger partial charge in [0, 0.05) is 13.3 Å². The molecule has 0 spiro atoms. The van der Waals surface area contributed by atoms with Gasteiger partial charge in [-0.2, -0.15) is 5.10 Å². The van der Waals surface area contributed by atoms with Crippen molar-refractivity contribution in [1.82, 2.24) is 5.43 Å². The van der Waals surface area contributed by atoms with Crippen LogP contribution in [-0.4, -0.2) is 13.3 Å². The lowest BCUT2D eigenvalue weighted by molar-refractivity contribution is 0.906. The molecule has 0 amide bonds. The summed E-state index contributed by atoms with van der Waals surface area (Å²) in [7, 11) is 1.76. The van der Waals surface area contributed by atoms with Gasteiger partial charge in [0.05, 0.1) is 0 Å². The van der Waals surface area contributed by atoms with Gasteiger partial charge in [0.2, 0.25) is 0 Å². The van der Waals surface area contributed by atoms with Gasteiger partial charge in [-0.25, -0.2) is 0 Å². The molecule has 1 N–H and O–H groups in total. The van der Waals surface area contributed by atoms with Gasteiger partial charge in [-0.1, -0.05) is 7.43 Å². The molecule has 0 aromatic carbocycles. The second-order valence-corrected chi connectivity index (χ2v) is 0.611. The van der Waals surface area contributed by atoms with Gasteiger partial charge in [0.1, 0.15) is 0 Å². The van der Waals surface area contributed by atoms with Crippen LogP contribution in [0.1, 0.15) is 14.4 Å².